The third-order valence-electron chi connectivity index (χ3n) is 4.01. The molecule has 2 N–H and O–H groups in total. The lowest BCUT2D eigenvalue weighted by Gasteiger charge is -2.20. The standard InChI is InChI=1S/C18H24N6O/c1-12(2)18-22-16(23-25-18)9-11-24(3)17-13-6-4-5-7-14(13)20-15(21-17)8-10-19/h4-7,12H,8-11,19H2,1-3H3. The van der Waals surface area contributed by atoms with Gasteiger partial charge in [-0.25, -0.2) is 9.97 Å². The fraction of sp³-hybridized carbons (Fsp3) is 0.444. The third-order valence-corrected chi connectivity index (χ3v) is 4.01. The Labute approximate surface area is 147 Å². The second-order valence-electron chi connectivity index (χ2n) is 6.39. The first-order valence-electron chi connectivity index (χ1n) is 8.58. The average molecular weight is 340 g/mol. The van der Waals surface area contributed by atoms with Crippen molar-refractivity contribution in [3.8, 4) is 0 Å². The molecule has 1 aromatic carbocycles. The lowest BCUT2D eigenvalue weighted by molar-refractivity contribution is 0.360. The average Bonchev–Trinajstić information content (AvgIpc) is 3.08. The molecule has 0 saturated carbocycles. The summed E-state index contributed by atoms with van der Waals surface area (Å²) in [6.07, 6.45) is 1.35. The van der Waals surface area contributed by atoms with Gasteiger partial charge in [-0.3, -0.25) is 0 Å². The van der Waals surface area contributed by atoms with Gasteiger partial charge in [0.1, 0.15) is 11.6 Å². The summed E-state index contributed by atoms with van der Waals surface area (Å²) in [6.45, 7) is 5.34. The molecule has 0 spiro atoms. The summed E-state index contributed by atoms with van der Waals surface area (Å²) in [4.78, 5) is 15.8. The second-order valence-corrected chi connectivity index (χ2v) is 6.39. The highest BCUT2D eigenvalue weighted by Crippen LogP contribution is 2.23. The number of nitrogens with two attached hydrogens (primary N) is 1. The molecule has 0 radical (unpaired) electrons. The number of nitrogens with zero attached hydrogens (tertiary/aromatic N) is 5. The monoisotopic (exact) mass is 340 g/mol. The first-order chi connectivity index (χ1) is 12.1. The number of para-hydroxylation sites is 1. The van der Waals surface area contributed by atoms with Gasteiger partial charge < -0.3 is 15.2 Å². The van der Waals surface area contributed by atoms with Crippen LogP contribution in [0.1, 0.15) is 37.3 Å². The molecule has 3 rings (SSSR count). The van der Waals surface area contributed by atoms with Crippen molar-refractivity contribution in [2.75, 3.05) is 25.0 Å². The molecule has 0 bridgehead atoms. The molecule has 7 nitrogen and oxygen atoms in total. The fourth-order valence-corrected chi connectivity index (χ4v) is 2.62. The quantitative estimate of drug-likeness (QED) is 0.705. The molecule has 0 fully saturated rings. The van der Waals surface area contributed by atoms with Crippen LogP contribution in [0.25, 0.3) is 10.9 Å². The van der Waals surface area contributed by atoms with Gasteiger partial charge in [-0.2, -0.15) is 4.98 Å². The lowest BCUT2D eigenvalue weighted by Crippen LogP contribution is -2.23. The molecule has 25 heavy (non-hydrogen) atoms. The van der Waals surface area contributed by atoms with E-state index in [2.05, 4.69) is 20.0 Å². The van der Waals surface area contributed by atoms with E-state index in [1.807, 2.05) is 45.2 Å². The van der Waals surface area contributed by atoms with Gasteiger partial charge in [0.2, 0.25) is 5.89 Å². The Balaban J connectivity index is 1.81. The van der Waals surface area contributed by atoms with Crippen LogP contribution in [0.15, 0.2) is 28.8 Å². The van der Waals surface area contributed by atoms with E-state index >= 15 is 0 Å². The molecule has 7 heteroatoms. The Hall–Kier alpha value is -2.54. The summed E-state index contributed by atoms with van der Waals surface area (Å²) >= 11 is 0. The lowest BCUT2D eigenvalue weighted by atomic mass is 10.2. The molecule has 0 aliphatic carbocycles. The molecule has 132 valence electrons. The van der Waals surface area contributed by atoms with Crippen molar-refractivity contribution >= 4 is 16.7 Å². The van der Waals surface area contributed by atoms with Crippen molar-refractivity contribution in [2.45, 2.75) is 32.6 Å². The highest BCUT2D eigenvalue weighted by Gasteiger charge is 2.14. The van der Waals surface area contributed by atoms with E-state index in [1.165, 1.54) is 0 Å². The number of aromatic nitrogens is 4. The topological polar surface area (TPSA) is 94.0 Å². The fourth-order valence-electron chi connectivity index (χ4n) is 2.62. The predicted octanol–water partition coefficient (Wildman–Crippen LogP) is 2.32. The van der Waals surface area contributed by atoms with Crippen LogP contribution in [0.4, 0.5) is 5.82 Å². The summed E-state index contributed by atoms with van der Waals surface area (Å²) in [6, 6.07) is 8.03. The zero-order chi connectivity index (χ0) is 17.8. The molecule has 0 unspecified atom stereocenters. The van der Waals surface area contributed by atoms with Gasteiger partial charge in [0.15, 0.2) is 5.82 Å². The van der Waals surface area contributed by atoms with Crippen molar-refractivity contribution in [3.63, 3.8) is 0 Å². The summed E-state index contributed by atoms with van der Waals surface area (Å²) in [5, 5.41) is 5.08. The van der Waals surface area contributed by atoms with Gasteiger partial charge >= 0.3 is 0 Å². The van der Waals surface area contributed by atoms with Crippen LogP contribution < -0.4 is 10.6 Å². The Kier molecular flexibility index (Phi) is 5.23. The first-order valence-corrected chi connectivity index (χ1v) is 8.58. The highest BCUT2D eigenvalue weighted by molar-refractivity contribution is 5.89. The second kappa shape index (κ2) is 7.57. The Morgan fingerprint density at radius 3 is 2.60 bits per heavy atom. The Bertz CT molecular complexity index is 844. The molecule has 0 aliphatic rings. The van der Waals surface area contributed by atoms with E-state index in [1.54, 1.807) is 0 Å². The molecule has 0 atom stereocenters. The van der Waals surface area contributed by atoms with E-state index in [9.17, 15) is 0 Å². The zero-order valence-electron chi connectivity index (χ0n) is 14.9. The number of likely N-dealkylation sites (N-methyl/N-ethyl adjacent to an activating group) is 1. The van der Waals surface area contributed by atoms with E-state index in [0.717, 1.165) is 34.9 Å². The van der Waals surface area contributed by atoms with Crippen molar-refractivity contribution in [2.24, 2.45) is 5.73 Å². The maximum atomic E-state index is 5.67. The van der Waals surface area contributed by atoms with Gasteiger partial charge in [0, 0.05) is 37.7 Å². The van der Waals surface area contributed by atoms with Crippen molar-refractivity contribution in [1.29, 1.82) is 0 Å². The normalized spacial score (nSPS) is 11.4. The van der Waals surface area contributed by atoms with Gasteiger partial charge in [0.05, 0.1) is 5.52 Å². The predicted molar refractivity (Wildman–Crippen MR) is 97.7 cm³/mol. The van der Waals surface area contributed by atoms with Crippen LogP contribution in [-0.4, -0.2) is 40.2 Å². The first kappa shape index (κ1) is 17.3. The maximum Gasteiger partial charge on any atom is 0.229 e. The van der Waals surface area contributed by atoms with Crippen LogP contribution in [-0.2, 0) is 12.8 Å². The van der Waals surface area contributed by atoms with Gasteiger partial charge in [-0.1, -0.05) is 31.1 Å². The number of benzene rings is 1. The summed E-state index contributed by atoms with van der Waals surface area (Å²) in [5.41, 5.74) is 6.61. The highest BCUT2D eigenvalue weighted by atomic mass is 16.5. The zero-order valence-corrected chi connectivity index (χ0v) is 14.9. The SMILES string of the molecule is CC(C)c1nc(CCN(C)c2nc(CCN)nc3ccccc23)no1. The minimum absolute atomic E-state index is 0.239. The number of anilines is 1. The summed E-state index contributed by atoms with van der Waals surface area (Å²) < 4.78 is 5.27. The summed E-state index contributed by atoms with van der Waals surface area (Å²) in [7, 11) is 2.02. The number of rotatable bonds is 7. The minimum atomic E-state index is 0.239. The molecule has 0 amide bonds. The molecule has 0 aliphatic heterocycles. The molecular formula is C18H24N6O. The third kappa shape index (κ3) is 3.93. The van der Waals surface area contributed by atoms with Gasteiger partial charge in [-0.15, -0.1) is 0 Å². The smallest absolute Gasteiger partial charge is 0.229 e. The van der Waals surface area contributed by atoms with E-state index < -0.39 is 0 Å². The van der Waals surface area contributed by atoms with Crippen molar-refractivity contribution in [1.82, 2.24) is 20.1 Å². The molecule has 2 heterocycles. The molecular weight excluding hydrogens is 316 g/mol. The minimum Gasteiger partial charge on any atom is -0.359 e. The number of fused-ring (bicyclic) bond motifs is 1. The molecule has 0 saturated heterocycles. The van der Waals surface area contributed by atoms with Crippen LogP contribution in [0.2, 0.25) is 0 Å². The van der Waals surface area contributed by atoms with Crippen LogP contribution in [0.3, 0.4) is 0 Å². The Morgan fingerprint density at radius 1 is 1.08 bits per heavy atom. The van der Waals surface area contributed by atoms with Crippen LogP contribution in [0.5, 0.6) is 0 Å². The molecule has 2 aromatic heterocycles. The van der Waals surface area contributed by atoms with Crippen LogP contribution >= 0.6 is 0 Å². The Morgan fingerprint density at radius 2 is 1.88 bits per heavy atom. The van der Waals surface area contributed by atoms with E-state index in [0.29, 0.717) is 25.3 Å². The number of hydrogen-bond donors (Lipinski definition) is 1. The van der Waals surface area contributed by atoms with E-state index in [4.69, 9.17) is 15.2 Å². The number of hydrogen-bond acceptors (Lipinski definition) is 7. The van der Waals surface area contributed by atoms with E-state index in [-0.39, 0.29) is 5.92 Å². The molecule has 3 aromatic rings. The van der Waals surface area contributed by atoms with Gasteiger partial charge in [0.25, 0.3) is 0 Å². The maximum absolute atomic E-state index is 5.67. The van der Waals surface area contributed by atoms with Crippen LogP contribution in [0, 0.1) is 0 Å². The van der Waals surface area contributed by atoms with Gasteiger partial charge in [-0.05, 0) is 18.7 Å². The van der Waals surface area contributed by atoms with Crippen molar-refractivity contribution < 1.29 is 4.52 Å². The largest absolute Gasteiger partial charge is 0.359 e. The summed E-state index contributed by atoms with van der Waals surface area (Å²) in [5.74, 6) is 3.31. The van der Waals surface area contributed by atoms with Crippen molar-refractivity contribution in [3.05, 3.63) is 41.8 Å².